The van der Waals surface area contributed by atoms with Crippen LogP contribution in [0.4, 0.5) is 0 Å². The second-order valence-corrected chi connectivity index (χ2v) is 17.4. The number of rotatable bonds is 47. The van der Waals surface area contributed by atoms with Crippen molar-refractivity contribution in [3.63, 3.8) is 0 Å². The van der Waals surface area contributed by atoms with Crippen LogP contribution in [0.5, 0.6) is 0 Å². The van der Waals surface area contributed by atoms with Crippen LogP contribution in [0.1, 0.15) is 265 Å². The molecule has 0 aliphatic carbocycles. The molecule has 0 rings (SSSR count). The van der Waals surface area contributed by atoms with Gasteiger partial charge in [-0.25, -0.2) is 0 Å². The molecule has 0 aromatic carbocycles. The number of ether oxygens (including phenoxy) is 3. The highest BCUT2D eigenvalue weighted by Gasteiger charge is 2.19. The van der Waals surface area contributed by atoms with Crippen LogP contribution in [0.25, 0.3) is 0 Å². The zero-order chi connectivity index (χ0) is 44.4. The Morgan fingerprint density at radius 1 is 0.344 bits per heavy atom. The smallest absolute Gasteiger partial charge is 0.306 e. The fourth-order valence-corrected chi connectivity index (χ4v) is 7.39. The van der Waals surface area contributed by atoms with Crippen LogP contribution in [0, 0.1) is 0 Å². The molecule has 0 spiro atoms. The average Bonchev–Trinajstić information content (AvgIpc) is 3.26. The minimum Gasteiger partial charge on any atom is -0.462 e. The van der Waals surface area contributed by atoms with E-state index in [4.69, 9.17) is 14.2 Å². The van der Waals surface area contributed by atoms with Crippen LogP contribution in [0.15, 0.2) is 48.6 Å². The van der Waals surface area contributed by atoms with Crippen molar-refractivity contribution in [3.05, 3.63) is 48.6 Å². The van der Waals surface area contributed by atoms with E-state index >= 15 is 0 Å². The standard InChI is InChI=1S/C55H98O6/c1-4-7-10-13-16-19-21-23-25-27-29-31-33-36-39-42-45-48-54(57)60-51-52(50-59-53(56)47-44-41-38-35-18-15-12-9-6-3)61-55(58)49-46-43-40-37-34-32-30-28-26-24-22-20-17-14-11-8-5-2/h9,12,16,18-19,23,25,35,52H,4-8,10-11,13-15,17,20-22,24,26-34,36-51H2,1-3H3/b12-9-,19-16-,25-23-,35-18-. The van der Waals surface area contributed by atoms with Gasteiger partial charge in [-0.05, 0) is 77.0 Å². The van der Waals surface area contributed by atoms with Crippen molar-refractivity contribution in [1.82, 2.24) is 0 Å². The maximum atomic E-state index is 12.8. The molecule has 0 saturated carbocycles. The predicted octanol–water partition coefficient (Wildman–Crippen LogP) is 17.1. The first-order valence-corrected chi connectivity index (χ1v) is 26.1. The summed E-state index contributed by atoms with van der Waals surface area (Å²) in [6.45, 7) is 6.47. The topological polar surface area (TPSA) is 78.9 Å². The van der Waals surface area contributed by atoms with E-state index in [9.17, 15) is 14.4 Å². The molecule has 0 fully saturated rings. The molecule has 0 amide bonds. The SMILES string of the molecule is CC/C=C\C/C=C\CCCCC(=O)OCC(COC(=O)CCCCCCCCC/C=C\C/C=C\CCCCC)OC(=O)CCCCCCCCCCCCCCCCCCC. The highest BCUT2D eigenvalue weighted by Crippen LogP contribution is 2.16. The van der Waals surface area contributed by atoms with E-state index in [1.165, 1.54) is 141 Å². The van der Waals surface area contributed by atoms with E-state index in [2.05, 4.69) is 69.4 Å². The Labute approximate surface area is 378 Å². The molecule has 354 valence electrons. The van der Waals surface area contributed by atoms with Crippen LogP contribution >= 0.6 is 0 Å². The Kier molecular flexibility index (Phi) is 47.9. The third kappa shape index (κ3) is 48.3. The third-order valence-corrected chi connectivity index (χ3v) is 11.3. The van der Waals surface area contributed by atoms with Crippen LogP contribution < -0.4 is 0 Å². The van der Waals surface area contributed by atoms with Gasteiger partial charge in [0.1, 0.15) is 13.2 Å². The molecule has 0 aliphatic heterocycles. The van der Waals surface area contributed by atoms with Gasteiger partial charge in [-0.15, -0.1) is 0 Å². The van der Waals surface area contributed by atoms with E-state index < -0.39 is 6.10 Å². The second kappa shape index (κ2) is 50.0. The molecule has 1 unspecified atom stereocenters. The fourth-order valence-electron chi connectivity index (χ4n) is 7.39. The summed E-state index contributed by atoms with van der Waals surface area (Å²) in [5, 5.41) is 0. The summed E-state index contributed by atoms with van der Waals surface area (Å²) >= 11 is 0. The minimum absolute atomic E-state index is 0.0855. The average molecular weight is 855 g/mol. The third-order valence-electron chi connectivity index (χ3n) is 11.3. The number of carbonyl (C=O) groups is 3. The van der Waals surface area contributed by atoms with Crippen molar-refractivity contribution in [1.29, 1.82) is 0 Å². The molecule has 0 aliphatic rings. The van der Waals surface area contributed by atoms with Crippen LogP contribution in [-0.2, 0) is 28.6 Å². The molecule has 0 N–H and O–H groups in total. The molecular formula is C55H98O6. The Hall–Kier alpha value is -2.63. The quantitative estimate of drug-likeness (QED) is 0.0263. The monoisotopic (exact) mass is 855 g/mol. The van der Waals surface area contributed by atoms with Crippen molar-refractivity contribution in [2.24, 2.45) is 0 Å². The molecule has 0 bridgehead atoms. The van der Waals surface area contributed by atoms with Crippen molar-refractivity contribution >= 4 is 17.9 Å². The molecule has 0 radical (unpaired) electrons. The highest BCUT2D eigenvalue weighted by molar-refractivity contribution is 5.71. The number of hydrogen-bond donors (Lipinski definition) is 0. The lowest BCUT2D eigenvalue weighted by Gasteiger charge is -2.18. The molecule has 0 aromatic rings. The first-order chi connectivity index (χ1) is 30.0. The van der Waals surface area contributed by atoms with Gasteiger partial charge in [-0.1, -0.05) is 217 Å². The molecular weight excluding hydrogens is 757 g/mol. The molecule has 0 aromatic heterocycles. The molecule has 0 saturated heterocycles. The van der Waals surface area contributed by atoms with E-state index in [1.54, 1.807) is 0 Å². The van der Waals surface area contributed by atoms with E-state index in [1.807, 2.05) is 0 Å². The first kappa shape index (κ1) is 58.4. The predicted molar refractivity (Wildman–Crippen MR) is 261 cm³/mol. The summed E-state index contributed by atoms with van der Waals surface area (Å²) in [4.78, 5) is 37.9. The van der Waals surface area contributed by atoms with Crippen molar-refractivity contribution in [2.75, 3.05) is 13.2 Å². The number of esters is 3. The van der Waals surface area contributed by atoms with Gasteiger partial charge < -0.3 is 14.2 Å². The normalized spacial score (nSPS) is 12.4. The largest absolute Gasteiger partial charge is 0.462 e. The van der Waals surface area contributed by atoms with Gasteiger partial charge in [0, 0.05) is 19.3 Å². The van der Waals surface area contributed by atoms with Gasteiger partial charge in [0.2, 0.25) is 0 Å². The van der Waals surface area contributed by atoms with Crippen LogP contribution in [-0.4, -0.2) is 37.2 Å². The van der Waals surface area contributed by atoms with E-state index in [-0.39, 0.29) is 31.1 Å². The fraction of sp³-hybridized carbons (Fsp3) is 0.800. The van der Waals surface area contributed by atoms with E-state index in [0.29, 0.717) is 19.3 Å². The summed E-state index contributed by atoms with van der Waals surface area (Å²) < 4.78 is 16.7. The van der Waals surface area contributed by atoms with Gasteiger partial charge in [-0.3, -0.25) is 14.4 Å². The van der Waals surface area contributed by atoms with Gasteiger partial charge in [0.15, 0.2) is 6.10 Å². The van der Waals surface area contributed by atoms with Gasteiger partial charge >= 0.3 is 17.9 Å². The second-order valence-electron chi connectivity index (χ2n) is 17.4. The maximum Gasteiger partial charge on any atom is 0.306 e. The van der Waals surface area contributed by atoms with Crippen LogP contribution in [0.2, 0.25) is 0 Å². The lowest BCUT2D eigenvalue weighted by atomic mass is 10.0. The summed E-state index contributed by atoms with van der Waals surface area (Å²) in [7, 11) is 0. The first-order valence-electron chi connectivity index (χ1n) is 26.1. The zero-order valence-corrected chi connectivity index (χ0v) is 40.4. The lowest BCUT2D eigenvalue weighted by Crippen LogP contribution is -2.30. The van der Waals surface area contributed by atoms with Crippen molar-refractivity contribution < 1.29 is 28.6 Å². The van der Waals surface area contributed by atoms with E-state index in [0.717, 1.165) is 83.5 Å². The maximum absolute atomic E-state index is 12.8. The lowest BCUT2D eigenvalue weighted by molar-refractivity contribution is -0.167. The number of unbranched alkanes of at least 4 members (excludes halogenated alkanes) is 28. The van der Waals surface area contributed by atoms with Gasteiger partial charge in [-0.2, -0.15) is 0 Å². The Morgan fingerprint density at radius 2 is 0.639 bits per heavy atom. The Morgan fingerprint density at radius 3 is 1.05 bits per heavy atom. The zero-order valence-electron chi connectivity index (χ0n) is 40.4. The molecule has 1 atom stereocenters. The summed E-state index contributed by atoms with van der Waals surface area (Å²) in [6.07, 6.45) is 59.7. The number of allylic oxidation sites excluding steroid dienone is 8. The Bertz CT molecular complexity index is 1070. The van der Waals surface area contributed by atoms with Gasteiger partial charge in [0.05, 0.1) is 0 Å². The molecule has 0 heterocycles. The summed E-state index contributed by atoms with van der Waals surface area (Å²) in [5.74, 6) is -0.922. The highest BCUT2D eigenvalue weighted by atomic mass is 16.6. The van der Waals surface area contributed by atoms with Crippen molar-refractivity contribution in [3.8, 4) is 0 Å². The number of carbonyl (C=O) groups excluding carboxylic acids is 3. The molecule has 6 nitrogen and oxygen atoms in total. The van der Waals surface area contributed by atoms with Crippen LogP contribution in [0.3, 0.4) is 0 Å². The van der Waals surface area contributed by atoms with Gasteiger partial charge in [0.25, 0.3) is 0 Å². The molecule has 6 heteroatoms. The molecule has 61 heavy (non-hydrogen) atoms. The summed E-state index contributed by atoms with van der Waals surface area (Å²) in [6, 6.07) is 0. The summed E-state index contributed by atoms with van der Waals surface area (Å²) in [5.41, 5.74) is 0. The Balaban J connectivity index is 4.31. The number of hydrogen-bond acceptors (Lipinski definition) is 6. The minimum atomic E-state index is -0.785. The van der Waals surface area contributed by atoms with Crippen molar-refractivity contribution in [2.45, 2.75) is 271 Å².